The summed E-state index contributed by atoms with van der Waals surface area (Å²) in [7, 11) is 0. The average molecular weight is 380 g/mol. The molecule has 1 fully saturated rings. The zero-order chi connectivity index (χ0) is 19.5. The van der Waals surface area contributed by atoms with E-state index in [1.807, 2.05) is 30.3 Å². The lowest BCUT2D eigenvalue weighted by Gasteiger charge is -2.30. The van der Waals surface area contributed by atoms with Gasteiger partial charge in [0, 0.05) is 24.7 Å². The van der Waals surface area contributed by atoms with Crippen LogP contribution >= 0.6 is 0 Å². The molecular formula is C20H20N4O4. The summed E-state index contributed by atoms with van der Waals surface area (Å²) in [6, 6.07) is 9.48. The first-order valence-electron chi connectivity index (χ1n) is 9.11. The molecule has 0 unspecified atom stereocenters. The number of pyridine rings is 1. The number of primary amides is 1. The minimum Gasteiger partial charge on any atom is -0.482 e. The molecule has 1 aliphatic rings. The number of likely N-dealkylation sites (tertiary alicyclic amines) is 1. The number of nitrogens with two attached hydrogens (primary N) is 1. The predicted octanol–water partition coefficient (Wildman–Crippen LogP) is 2.14. The van der Waals surface area contributed by atoms with E-state index >= 15 is 0 Å². The van der Waals surface area contributed by atoms with E-state index in [-0.39, 0.29) is 30.0 Å². The van der Waals surface area contributed by atoms with Crippen LogP contribution < -0.4 is 10.5 Å². The number of aromatic nitrogens is 2. The van der Waals surface area contributed by atoms with Gasteiger partial charge in [-0.25, -0.2) is 4.98 Å². The average Bonchev–Trinajstić information content (AvgIpc) is 3.20. The van der Waals surface area contributed by atoms with Crippen LogP contribution in [0.1, 0.15) is 29.2 Å². The topological polar surface area (TPSA) is 112 Å². The Morgan fingerprint density at radius 2 is 2.14 bits per heavy atom. The van der Waals surface area contributed by atoms with Crippen molar-refractivity contribution < 1.29 is 18.7 Å². The maximum Gasteiger partial charge on any atom is 0.275 e. The fourth-order valence-electron chi connectivity index (χ4n) is 3.36. The Morgan fingerprint density at radius 1 is 1.29 bits per heavy atom. The molecule has 2 N–H and O–H groups in total. The lowest BCUT2D eigenvalue weighted by molar-refractivity contribution is -0.123. The second-order valence-electron chi connectivity index (χ2n) is 6.74. The van der Waals surface area contributed by atoms with Crippen molar-refractivity contribution in [2.24, 2.45) is 11.7 Å². The number of carbonyl (C=O) groups excluding carboxylic acids is 2. The largest absolute Gasteiger partial charge is 0.482 e. The van der Waals surface area contributed by atoms with Gasteiger partial charge >= 0.3 is 0 Å². The van der Waals surface area contributed by atoms with Crippen LogP contribution in [-0.4, -0.2) is 39.8 Å². The summed E-state index contributed by atoms with van der Waals surface area (Å²) in [6.07, 6.45) is 4.46. The van der Waals surface area contributed by atoms with Gasteiger partial charge in [0.2, 0.25) is 11.8 Å². The summed E-state index contributed by atoms with van der Waals surface area (Å²) in [5.74, 6) is -0.0567. The first kappa shape index (κ1) is 18.0. The molecule has 28 heavy (non-hydrogen) atoms. The van der Waals surface area contributed by atoms with E-state index in [9.17, 15) is 9.59 Å². The van der Waals surface area contributed by atoms with Crippen LogP contribution in [-0.2, 0) is 11.4 Å². The van der Waals surface area contributed by atoms with Gasteiger partial charge in [-0.1, -0.05) is 18.2 Å². The van der Waals surface area contributed by atoms with Crippen molar-refractivity contribution in [1.29, 1.82) is 0 Å². The van der Waals surface area contributed by atoms with Crippen molar-refractivity contribution in [2.75, 3.05) is 13.1 Å². The molecule has 3 heterocycles. The third kappa shape index (κ3) is 3.66. The lowest BCUT2D eigenvalue weighted by Crippen LogP contribution is -2.44. The number of rotatable bonds is 5. The van der Waals surface area contributed by atoms with Gasteiger partial charge in [0.15, 0.2) is 12.3 Å². The van der Waals surface area contributed by atoms with E-state index in [1.165, 1.54) is 6.26 Å². The molecule has 3 aromatic rings. The molecule has 0 spiro atoms. The normalized spacial score (nSPS) is 16.9. The molecule has 1 aromatic carbocycles. The van der Waals surface area contributed by atoms with E-state index < -0.39 is 0 Å². The molecule has 8 nitrogen and oxygen atoms in total. The first-order chi connectivity index (χ1) is 13.6. The molecule has 0 bridgehead atoms. The van der Waals surface area contributed by atoms with Crippen LogP contribution in [0, 0.1) is 5.92 Å². The summed E-state index contributed by atoms with van der Waals surface area (Å²) in [4.78, 5) is 34.2. The zero-order valence-electron chi connectivity index (χ0n) is 15.2. The number of piperidine rings is 1. The Morgan fingerprint density at radius 3 is 3.00 bits per heavy atom. The van der Waals surface area contributed by atoms with Crippen LogP contribution in [0.25, 0.3) is 10.9 Å². The van der Waals surface area contributed by atoms with E-state index in [0.29, 0.717) is 31.2 Å². The van der Waals surface area contributed by atoms with Crippen LogP contribution in [0.4, 0.5) is 0 Å². The van der Waals surface area contributed by atoms with Crippen molar-refractivity contribution in [2.45, 2.75) is 19.4 Å². The Hall–Kier alpha value is -3.42. The van der Waals surface area contributed by atoms with Crippen LogP contribution in [0.3, 0.4) is 0 Å². The van der Waals surface area contributed by atoms with E-state index in [0.717, 1.165) is 17.3 Å². The molecule has 1 aliphatic heterocycles. The second-order valence-corrected chi connectivity index (χ2v) is 6.74. The minimum atomic E-state index is -0.379. The fourth-order valence-corrected chi connectivity index (χ4v) is 3.36. The molecule has 2 aromatic heterocycles. The van der Waals surface area contributed by atoms with Gasteiger partial charge in [-0.05, 0) is 25.0 Å². The molecular weight excluding hydrogens is 360 g/mol. The number of amides is 2. The fraction of sp³-hybridized carbons (Fsp3) is 0.300. The van der Waals surface area contributed by atoms with Crippen molar-refractivity contribution in [3.05, 3.63) is 54.4 Å². The van der Waals surface area contributed by atoms with Crippen LogP contribution in [0.5, 0.6) is 5.75 Å². The van der Waals surface area contributed by atoms with E-state index in [1.54, 1.807) is 11.1 Å². The van der Waals surface area contributed by atoms with Gasteiger partial charge in [0.05, 0.1) is 5.92 Å². The summed E-state index contributed by atoms with van der Waals surface area (Å²) < 4.78 is 11.2. The smallest absolute Gasteiger partial charge is 0.275 e. The molecule has 2 amide bonds. The third-order valence-corrected chi connectivity index (χ3v) is 4.83. The molecule has 1 atom stereocenters. The van der Waals surface area contributed by atoms with Gasteiger partial charge in [-0.15, -0.1) is 0 Å². The van der Waals surface area contributed by atoms with Gasteiger partial charge in [0.25, 0.3) is 5.91 Å². The summed E-state index contributed by atoms with van der Waals surface area (Å²) in [6.45, 7) is 0.963. The van der Waals surface area contributed by atoms with Crippen molar-refractivity contribution in [1.82, 2.24) is 14.9 Å². The number of hydrogen-bond acceptors (Lipinski definition) is 6. The molecule has 8 heteroatoms. The SMILES string of the molecule is NC(=O)[C@H]1CCCN(C(=O)c2coc(COc3cccc4cccnc34)n2)C1. The number of para-hydroxylation sites is 1. The number of benzene rings is 1. The summed E-state index contributed by atoms with van der Waals surface area (Å²) >= 11 is 0. The van der Waals surface area contributed by atoms with Gasteiger partial charge < -0.3 is 19.8 Å². The number of carbonyl (C=O) groups is 2. The number of oxazole rings is 1. The van der Waals surface area contributed by atoms with Crippen LogP contribution in [0.15, 0.2) is 47.2 Å². The minimum absolute atomic E-state index is 0.0763. The maximum absolute atomic E-state index is 12.6. The first-order valence-corrected chi connectivity index (χ1v) is 9.11. The Bertz CT molecular complexity index is 1010. The standard InChI is InChI=1S/C20H20N4O4/c21-19(25)14-6-3-9-24(10-14)20(26)15-11-28-17(23-15)12-27-16-7-1-4-13-5-2-8-22-18(13)16/h1-2,4-5,7-8,11,14H,3,6,9-10,12H2,(H2,21,25)/t14-/m0/s1. The summed E-state index contributed by atoms with van der Waals surface area (Å²) in [5, 5.41) is 0.970. The van der Waals surface area contributed by atoms with Crippen LogP contribution in [0.2, 0.25) is 0 Å². The lowest BCUT2D eigenvalue weighted by atomic mass is 9.97. The molecule has 144 valence electrons. The highest BCUT2D eigenvalue weighted by atomic mass is 16.5. The van der Waals surface area contributed by atoms with Crippen molar-refractivity contribution in [3.63, 3.8) is 0 Å². The van der Waals surface area contributed by atoms with Gasteiger partial charge in [0.1, 0.15) is 17.5 Å². The Kier molecular flexibility index (Phi) is 4.92. The van der Waals surface area contributed by atoms with E-state index in [2.05, 4.69) is 9.97 Å². The maximum atomic E-state index is 12.6. The Labute approximate surface area is 161 Å². The number of hydrogen-bond donors (Lipinski definition) is 1. The highest BCUT2D eigenvalue weighted by Crippen LogP contribution is 2.24. The molecule has 4 rings (SSSR count). The molecule has 0 aliphatic carbocycles. The van der Waals surface area contributed by atoms with Gasteiger partial charge in [-0.2, -0.15) is 0 Å². The molecule has 1 saturated heterocycles. The van der Waals surface area contributed by atoms with Gasteiger partial charge in [-0.3, -0.25) is 14.6 Å². The second kappa shape index (κ2) is 7.67. The zero-order valence-corrected chi connectivity index (χ0v) is 15.2. The summed E-state index contributed by atoms with van der Waals surface area (Å²) in [5.41, 5.74) is 6.32. The number of fused-ring (bicyclic) bond motifs is 1. The number of nitrogens with zero attached hydrogens (tertiary/aromatic N) is 3. The molecule has 0 radical (unpaired) electrons. The van der Waals surface area contributed by atoms with Crippen molar-refractivity contribution in [3.8, 4) is 5.75 Å². The highest BCUT2D eigenvalue weighted by molar-refractivity contribution is 5.92. The Balaban J connectivity index is 1.43. The highest BCUT2D eigenvalue weighted by Gasteiger charge is 2.29. The predicted molar refractivity (Wildman–Crippen MR) is 100 cm³/mol. The van der Waals surface area contributed by atoms with E-state index in [4.69, 9.17) is 14.9 Å². The monoisotopic (exact) mass is 380 g/mol. The molecule has 0 saturated carbocycles. The third-order valence-electron chi connectivity index (χ3n) is 4.83. The quantitative estimate of drug-likeness (QED) is 0.726. The number of ether oxygens (including phenoxy) is 1. The van der Waals surface area contributed by atoms with Crippen molar-refractivity contribution >= 4 is 22.7 Å².